The number of nitrogens with zero attached hydrogens (tertiary/aromatic N) is 3. The fraction of sp³-hybridized carbons (Fsp3) is 0.143. The maximum absolute atomic E-state index is 13.8. The predicted molar refractivity (Wildman–Crippen MR) is 155 cm³/mol. The fourth-order valence-electron chi connectivity index (χ4n) is 4.16. The number of anilines is 1. The minimum absolute atomic E-state index is 0.141. The van der Waals surface area contributed by atoms with Crippen molar-refractivity contribution in [3.8, 4) is 5.75 Å². The van der Waals surface area contributed by atoms with Crippen molar-refractivity contribution in [2.45, 2.75) is 23.1 Å². The van der Waals surface area contributed by atoms with Crippen molar-refractivity contribution in [1.29, 1.82) is 0 Å². The summed E-state index contributed by atoms with van der Waals surface area (Å²) in [5.74, 6) is -1.55. The molecule has 0 aliphatic carbocycles. The summed E-state index contributed by atoms with van der Waals surface area (Å²) in [4.78, 5) is 27.9. The van der Waals surface area contributed by atoms with Gasteiger partial charge in [0.15, 0.2) is 4.34 Å². The minimum atomic E-state index is -1.05. The Hall–Kier alpha value is -3.44. The summed E-state index contributed by atoms with van der Waals surface area (Å²) in [6.45, 7) is 2.32. The highest BCUT2D eigenvalue weighted by atomic mass is 35.5. The Bertz CT molecular complexity index is 1610. The van der Waals surface area contributed by atoms with Crippen LogP contribution in [0.25, 0.3) is 5.76 Å². The number of ketones is 1. The third-order valence-corrected chi connectivity index (χ3v) is 8.73. The van der Waals surface area contributed by atoms with Crippen molar-refractivity contribution in [3.05, 3.63) is 105 Å². The number of hydrogen-bond acceptors (Lipinski definition) is 8. The van der Waals surface area contributed by atoms with Gasteiger partial charge in [-0.05, 0) is 66.6 Å². The lowest BCUT2D eigenvalue weighted by Gasteiger charge is -2.22. The highest BCUT2D eigenvalue weighted by Gasteiger charge is 2.48. The summed E-state index contributed by atoms with van der Waals surface area (Å²) in [6, 6.07) is 16.0. The number of halogens is 3. The molecule has 7 nitrogen and oxygen atoms in total. The number of benzene rings is 3. The van der Waals surface area contributed by atoms with Gasteiger partial charge in [0, 0.05) is 21.4 Å². The van der Waals surface area contributed by atoms with Gasteiger partial charge in [0.2, 0.25) is 5.13 Å². The maximum Gasteiger partial charge on any atom is 0.301 e. The van der Waals surface area contributed by atoms with E-state index in [1.54, 1.807) is 36.4 Å². The van der Waals surface area contributed by atoms with Crippen LogP contribution in [0.4, 0.5) is 9.52 Å². The van der Waals surface area contributed by atoms with E-state index in [1.165, 1.54) is 40.9 Å². The van der Waals surface area contributed by atoms with Gasteiger partial charge in [-0.15, -0.1) is 10.2 Å². The SMILES string of the molecule is CCOc1ccc(/C(O)=C2/C(=O)C(=O)N(c3nnc(SCc4ccc(Cl)cc4Cl)s3)C2c2ccc(F)cc2)cc1. The first-order chi connectivity index (χ1) is 19.3. The maximum atomic E-state index is 13.8. The number of Topliss-reactive ketones (excluding diaryl/α,β-unsaturated/α-hetero) is 1. The summed E-state index contributed by atoms with van der Waals surface area (Å²) in [5.41, 5.74) is 1.44. The van der Waals surface area contributed by atoms with Crippen LogP contribution in [0.5, 0.6) is 5.75 Å². The average molecular weight is 617 g/mol. The van der Waals surface area contributed by atoms with Crippen LogP contribution in [0.3, 0.4) is 0 Å². The molecule has 1 unspecified atom stereocenters. The van der Waals surface area contributed by atoms with Crippen LogP contribution in [0.15, 0.2) is 76.6 Å². The summed E-state index contributed by atoms with van der Waals surface area (Å²) >= 11 is 14.7. The molecule has 1 N–H and O–H groups in total. The van der Waals surface area contributed by atoms with E-state index < -0.39 is 23.5 Å². The van der Waals surface area contributed by atoms with Crippen LogP contribution in [-0.4, -0.2) is 33.6 Å². The van der Waals surface area contributed by atoms with E-state index in [2.05, 4.69) is 10.2 Å². The number of aliphatic hydroxyl groups excluding tert-OH is 1. The number of thioether (sulfide) groups is 1. The molecule has 12 heteroatoms. The van der Waals surface area contributed by atoms with Crippen LogP contribution in [0, 0.1) is 5.82 Å². The van der Waals surface area contributed by atoms with E-state index in [0.717, 1.165) is 16.9 Å². The molecule has 0 bridgehead atoms. The lowest BCUT2D eigenvalue weighted by Crippen LogP contribution is -2.29. The van der Waals surface area contributed by atoms with Crippen molar-refractivity contribution < 1.29 is 23.8 Å². The van der Waals surface area contributed by atoms with Gasteiger partial charge >= 0.3 is 5.91 Å². The monoisotopic (exact) mass is 615 g/mol. The number of hydrogen-bond donors (Lipinski definition) is 1. The van der Waals surface area contributed by atoms with Gasteiger partial charge in [-0.25, -0.2) is 4.39 Å². The predicted octanol–water partition coefficient (Wildman–Crippen LogP) is 7.30. The molecule has 1 aliphatic heterocycles. The Labute approximate surface area is 247 Å². The standard InChI is InChI=1S/C28H20Cl2FN3O4S2/c1-2-38-20-11-6-16(7-12-20)24(35)22-23(15-4-9-19(31)10-5-15)34(26(37)25(22)36)27-32-33-28(40-27)39-14-17-3-8-18(29)13-21(17)30/h3-13,23,35H,2,14H2,1H3/b24-22-. The molecular weight excluding hydrogens is 596 g/mol. The molecule has 0 radical (unpaired) electrons. The molecule has 1 aliphatic rings. The van der Waals surface area contributed by atoms with Gasteiger partial charge in [0.05, 0.1) is 18.2 Å². The second kappa shape index (κ2) is 12.0. The van der Waals surface area contributed by atoms with Crippen molar-refractivity contribution in [3.63, 3.8) is 0 Å². The quantitative estimate of drug-likeness (QED) is 0.0730. The molecule has 1 amide bonds. The molecule has 40 heavy (non-hydrogen) atoms. The molecule has 1 saturated heterocycles. The molecular formula is C28H20Cl2FN3O4S2. The van der Waals surface area contributed by atoms with Crippen molar-refractivity contribution in [2.75, 3.05) is 11.5 Å². The first-order valence-corrected chi connectivity index (χ1v) is 14.5. The highest BCUT2D eigenvalue weighted by molar-refractivity contribution is 8.00. The number of carbonyl (C=O) groups is 2. The van der Waals surface area contributed by atoms with Crippen molar-refractivity contribution in [1.82, 2.24) is 10.2 Å². The molecule has 2 heterocycles. The van der Waals surface area contributed by atoms with Gasteiger partial charge in [-0.3, -0.25) is 14.5 Å². The zero-order valence-corrected chi connectivity index (χ0v) is 24.0. The van der Waals surface area contributed by atoms with E-state index in [1.807, 2.05) is 13.0 Å². The van der Waals surface area contributed by atoms with Crippen molar-refractivity contribution >= 4 is 68.9 Å². The molecule has 1 aromatic heterocycles. The number of aromatic nitrogens is 2. The van der Waals surface area contributed by atoms with Gasteiger partial charge in [-0.2, -0.15) is 0 Å². The number of aliphatic hydroxyl groups is 1. The zero-order valence-electron chi connectivity index (χ0n) is 20.8. The third-order valence-electron chi connectivity index (χ3n) is 6.04. The Morgan fingerprint density at radius 3 is 2.48 bits per heavy atom. The zero-order chi connectivity index (χ0) is 28.4. The Morgan fingerprint density at radius 1 is 1.07 bits per heavy atom. The number of amides is 1. The number of ether oxygens (including phenoxy) is 1. The van der Waals surface area contributed by atoms with E-state index in [0.29, 0.717) is 43.6 Å². The van der Waals surface area contributed by atoms with Crippen LogP contribution in [-0.2, 0) is 15.3 Å². The van der Waals surface area contributed by atoms with E-state index >= 15 is 0 Å². The minimum Gasteiger partial charge on any atom is -0.507 e. The van der Waals surface area contributed by atoms with Crippen LogP contribution >= 0.6 is 46.3 Å². The summed E-state index contributed by atoms with van der Waals surface area (Å²) in [7, 11) is 0. The molecule has 0 spiro atoms. The Kier molecular flexibility index (Phi) is 8.41. The summed E-state index contributed by atoms with van der Waals surface area (Å²) < 4.78 is 19.8. The second-order valence-corrected chi connectivity index (χ2v) is 11.6. The fourth-order valence-corrected chi connectivity index (χ4v) is 6.58. The van der Waals surface area contributed by atoms with Gasteiger partial charge in [-0.1, -0.05) is 64.5 Å². The lowest BCUT2D eigenvalue weighted by atomic mass is 9.95. The highest BCUT2D eigenvalue weighted by Crippen LogP contribution is 2.44. The lowest BCUT2D eigenvalue weighted by molar-refractivity contribution is -0.132. The first kappa shape index (κ1) is 28.1. The third kappa shape index (κ3) is 5.71. The molecule has 1 atom stereocenters. The number of carbonyl (C=O) groups excluding carboxylic acids is 2. The molecule has 3 aromatic carbocycles. The van der Waals surface area contributed by atoms with Gasteiger partial charge in [0.25, 0.3) is 5.78 Å². The Balaban J connectivity index is 1.51. The van der Waals surface area contributed by atoms with E-state index in [-0.39, 0.29) is 16.5 Å². The van der Waals surface area contributed by atoms with Gasteiger partial charge in [0.1, 0.15) is 17.3 Å². The smallest absolute Gasteiger partial charge is 0.301 e. The molecule has 5 rings (SSSR count). The molecule has 1 fully saturated rings. The summed E-state index contributed by atoms with van der Waals surface area (Å²) in [6.07, 6.45) is 0. The van der Waals surface area contributed by atoms with E-state index in [9.17, 15) is 19.1 Å². The van der Waals surface area contributed by atoms with E-state index in [4.69, 9.17) is 27.9 Å². The van der Waals surface area contributed by atoms with Crippen LogP contribution in [0.1, 0.15) is 29.7 Å². The molecule has 0 saturated carbocycles. The van der Waals surface area contributed by atoms with Gasteiger partial charge < -0.3 is 9.84 Å². The molecule has 204 valence electrons. The number of rotatable bonds is 8. The summed E-state index contributed by atoms with van der Waals surface area (Å²) in [5, 5.41) is 20.8. The largest absolute Gasteiger partial charge is 0.507 e. The first-order valence-electron chi connectivity index (χ1n) is 12.0. The average Bonchev–Trinajstić information content (AvgIpc) is 3.51. The van der Waals surface area contributed by atoms with Crippen molar-refractivity contribution in [2.24, 2.45) is 0 Å². The Morgan fingerprint density at radius 2 is 1.80 bits per heavy atom. The second-order valence-electron chi connectivity index (χ2n) is 8.55. The van der Waals surface area contributed by atoms with Crippen LogP contribution < -0.4 is 9.64 Å². The molecule has 4 aromatic rings. The normalized spacial score (nSPS) is 16.5. The van der Waals surface area contributed by atoms with Crippen LogP contribution in [0.2, 0.25) is 10.0 Å². The topological polar surface area (TPSA) is 92.6 Å².